The maximum Gasteiger partial charge on any atom is 0.197 e. The van der Waals surface area contributed by atoms with Crippen LogP contribution < -0.4 is 5.43 Å². The van der Waals surface area contributed by atoms with Crippen molar-refractivity contribution in [2.45, 2.75) is 6.54 Å². The molecule has 0 atom stereocenters. The molecule has 2 aromatic carbocycles. The lowest BCUT2D eigenvalue weighted by molar-refractivity contribution is 0.296. The Balaban J connectivity index is 1.97. The van der Waals surface area contributed by atoms with Crippen molar-refractivity contribution in [3.05, 3.63) is 58.4 Å². The van der Waals surface area contributed by atoms with E-state index in [9.17, 15) is 4.79 Å². The van der Waals surface area contributed by atoms with E-state index < -0.39 is 0 Å². The van der Waals surface area contributed by atoms with Crippen LogP contribution in [0.15, 0.2) is 47.3 Å². The van der Waals surface area contributed by atoms with Gasteiger partial charge >= 0.3 is 0 Å². The van der Waals surface area contributed by atoms with Crippen molar-refractivity contribution in [3.8, 4) is 0 Å². The summed E-state index contributed by atoms with van der Waals surface area (Å²) >= 11 is 11.8. The van der Waals surface area contributed by atoms with E-state index in [0.717, 1.165) is 35.2 Å². The number of hydrogen-bond donors (Lipinski definition) is 0. The van der Waals surface area contributed by atoms with Crippen molar-refractivity contribution < 1.29 is 0 Å². The fraction of sp³-hybridized carbons (Fsp3) is 0.263. The van der Waals surface area contributed by atoms with E-state index >= 15 is 0 Å². The summed E-state index contributed by atoms with van der Waals surface area (Å²) < 4.78 is 1.90. The van der Waals surface area contributed by atoms with Gasteiger partial charge in [0.2, 0.25) is 0 Å². The third kappa shape index (κ3) is 2.74. The van der Waals surface area contributed by atoms with Crippen molar-refractivity contribution in [1.29, 1.82) is 0 Å². The number of alkyl halides is 2. The standard InChI is InChI=1S/C19H17Cl2N3O/c20-8-10-23(11-9-21)12-16-13-5-3-6-15-18(13)24(22-16)17-7-2-1-4-14(17)19(15)25/h1-7H,8-12H2. The summed E-state index contributed by atoms with van der Waals surface area (Å²) in [4.78, 5) is 15.0. The minimum absolute atomic E-state index is 0.0542. The maximum atomic E-state index is 12.8. The highest BCUT2D eigenvalue weighted by molar-refractivity contribution is 6.18. The second-order valence-electron chi connectivity index (χ2n) is 6.06. The molecule has 2 heterocycles. The van der Waals surface area contributed by atoms with Crippen molar-refractivity contribution in [1.82, 2.24) is 14.5 Å². The Bertz CT molecular complexity index is 1090. The summed E-state index contributed by atoms with van der Waals surface area (Å²) in [5.41, 5.74) is 2.72. The molecule has 128 valence electrons. The lowest BCUT2D eigenvalue weighted by atomic mass is 10.1. The highest BCUT2D eigenvalue weighted by Crippen LogP contribution is 2.26. The zero-order chi connectivity index (χ0) is 17.4. The molecule has 4 rings (SSSR count). The van der Waals surface area contributed by atoms with Crippen LogP contribution in [0.5, 0.6) is 0 Å². The summed E-state index contributed by atoms with van der Waals surface area (Å²) in [5.74, 6) is 1.09. The van der Waals surface area contributed by atoms with Gasteiger partial charge in [0.25, 0.3) is 0 Å². The van der Waals surface area contributed by atoms with Gasteiger partial charge in [0.15, 0.2) is 5.43 Å². The summed E-state index contributed by atoms with van der Waals surface area (Å²) in [6, 6.07) is 13.4. The van der Waals surface area contributed by atoms with E-state index in [4.69, 9.17) is 28.3 Å². The molecule has 0 amide bonds. The van der Waals surface area contributed by atoms with Gasteiger partial charge in [0.1, 0.15) is 0 Å². The Morgan fingerprint density at radius 2 is 1.60 bits per heavy atom. The van der Waals surface area contributed by atoms with E-state index in [1.54, 1.807) is 0 Å². The summed E-state index contributed by atoms with van der Waals surface area (Å²) in [5, 5.41) is 7.24. The lowest BCUT2D eigenvalue weighted by Crippen LogP contribution is -2.27. The molecule has 0 radical (unpaired) electrons. The number of para-hydroxylation sites is 2. The first kappa shape index (κ1) is 16.6. The molecule has 0 unspecified atom stereocenters. The molecule has 0 aliphatic carbocycles. The second kappa shape index (κ2) is 6.79. The molecular formula is C19H17Cl2N3O. The monoisotopic (exact) mass is 373 g/mol. The Hall–Kier alpha value is -1.88. The fourth-order valence-corrected chi connectivity index (χ4v) is 3.90. The van der Waals surface area contributed by atoms with Crippen molar-refractivity contribution in [2.75, 3.05) is 24.8 Å². The van der Waals surface area contributed by atoms with Crippen molar-refractivity contribution in [2.24, 2.45) is 0 Å². The van der Waals surface area contributed by atoms with Gasteiger partial charge in [-0.15, -0.1) is 23.2 Å². The highest BCUT2D eigenvalue weighted by atomic mass is 35.5. The number of fused-ring (bicyclic) bond motifs is 2. The number of hydrogen-bond acceptors (Lipinski definition) is 3. The molecule has 0 spiro atoms. The van der Waals surface area contributed by atoms with E-state index in [1.165, 1.54) is 0 Å². The molecule has 0 aliphatic heterocycles. The number of rotatable bonds is 6. The quantitative estimate of drug-likeness (QED) is 0.381. The lowest BCUT2D eigenvalue weighted by Gasteiger charge is -2.18. The first-order valence-corrected chi connectivity index (χ1v) is 9.30. The molecule has 4 aromatic rings. The van der Waals surface area contributed by atoms with Crippen LogP contribution >= 0.6 is 23.2 Å². The number of nitrogens with zero attached hydrogens (tertiary/aromatic N) is 3. The van der Waals surface area contributed by atoms with Crippen LogP contribution in [0.25, 0.3) is 27.2 Å². The fourth-order valence-electron chi connectivity index (χ4n) is 3.42. The predicted molar refractivity (Wildman–Crippen MR) is 104 cm³/mol. The molecular weight excluding hydrogens is 357 g/mol. The molecule has 0 saturated heterocycles. The van der Waals surface area contributed by atoms with Gasteiger partial charge in [-0.25, -0.2) is 4.52 Å². The Labute approximate surface area is 154 Å². The topological polar surface area (TPSA) is 37.6 Å². The van der Waals surface area contributed by atoms with Gasteiger partial charge in [-0.2, -0.15) is 5.10 Å². The molecule has 6 heteroatoms. The number of aromatic nitrogens is 2. The van der Waals surface area contributed by atoms with E-state index in [-0.39, 0.29) is 5.43 Å². The van der Waals surface area contributed by atoms with Crippen LogP contribution in [0, 0.1) is 0 Å². The van der Waals surface area contributed by atoms with Crippen LogP contribution in [0.4, 0.5) is 0 Å². The first-order valence-electron chi connectivity index (χ1n) is 8.23. The van der Waals surface area contributed by atoms with Gasteiger partial charge in [-0.3, -0.25) is 9.69 Å². The van der Waals surface area contributed by atoms with Crippen LogP contribution in [-0.2, 0) is 6.54 Å². The van der Waals surface area contributed by atoms with Crippen LogP contribution in [0.2, 0.25) is 0 Å². The van der Waals surface area contributed by atoms with Gasteiger partial charge in [0.05, 0.1) is 16.7 Å². The summed E-state index contributed by atoms with van der Waals surface area (Å²) in [7, 11) is 0. The zero-order valence-electron chi connectivity index (χ0n) is 13.6. The number of pyridine rings is 1. The van der Waals surface area contributed by atoms with E-state index in [1.807, 2.05) is 47.0 Å². The van der Waals surface area contributed by atoms with Gasteiger partial charge in [0, 0.05) is 47.6 Å². The molecule has 25 heavy (non-hydrogen) atoms. The van der Waals surface area contributed by atoms with E-state index in [2.05, 4.69) is 4.90 Å². The van der Waals surface area contributed by atoms with Crippen molar-refractivity contribution in [3.63, 3.8) is 0 Å². The normalized spacial score (nSPS) is 12.1. The maximum absolute atomic E-state index is 12.8. The third-order valence-corrected chi connectivity index (χ3v) is 4.91. The average Bonchev–Trinajstić information content (AvgIpc) is 3.00. The van der Waals surface area contributed by atoms with Crippen LogP contribution in [0.1, 0.15) is 5.69 Å². The smallest absolute Gasteiger partial charge is 0.197 e. The average molecular weight is 374 g/mol. The Morgan fingerprint density at radius 3 is 2.36 bits per heavy atom. The SMILES string of the molecule is O=c1c2ccccc2n2nc(CN(CCCl)CCCl)c3cccc1c32. The van der Waals surface area contributed by atoms with Crippen LogP contribution in [-0.4, -0.2) is 39.4 Å². The van der Waals surface area contributed by atoms with Gasteiger partial charge < -0.3 is 0 Å². The predicted octanol–water partition coefficient (Wildman–Crippen LogP) is 3.72. The summed E-state index contributed by atoms with van der Waals surface area (Å²) in [6.07, 6.45) is 0. The molecule has 0 aliphatic rings. The zero-order valence-corrected chi connectivity index (χ0v) is 15.1. The Kier molecular flexibility index (Phi) is 4.50. The van der Waals surface area contributed by atoms with Gasteiger partial charge in [-0.1, -0.05) is 24.3 Å². The third-order valence-electron chi connectivity index (χ3n) is 4.58. The minimum Gasteiger partial charge on any atom is -0.295 e. The molecule has 4 nitrogen and oxygen atoms in total. The van der Waals surface area contributed by atoms with Crippen molar-refractivity contribution >= 4 is 50.4 Å². The van der Waals surface area contributed by atoms with Gasteiger partial charge in [-0.05, 0) is 18.2 Å². The first-order chi connectivity index (χ1) is 12.2. The number of benzene rings is 2. The second-order valence-corrected chi connectivity index (χ2v) is 6.82. The van der Waals surface area contributed by atoms with E-state index in [0.29, 0.717) is 29.1 Å². The largest absolute Gasteiger partial charge is 0.295 e. The molecule has 0 N–H and O–H groups in total. The minimum atomic E-state index is 0.0542. The highest BCUT2D eigenvalue weighted by Gasteiger charge is 2.18. The molecule has 0 fully saturated rings. The number of halogens is 2. The summed E-state index contributed by atoms with van der Waals surface area (Å²) in [6.45, 7) is 2.15. The Morgan fingerprint density at radius 1 is 0.920 bits per heavy atom. The molecule has 0 saturated carbocycles. The van der Waals surface area contributed by atoms with Crippen LogP contribution in [0.3, 0.4) is 0 Å². The molecule has 0 bridgehead atoms. The molecule has 2 aromatic heterocycles.